The lowest BCUT2D eigenvalue weighted by Gasteiger charge is -2.23. The van der Waals surface area contributed by atoms with Crippen molar-refractivity contribution >= 4 is 33.3 Å². The molecule has 0 bridgehead atoms. The summed E-state index contributed by atoms with van der Waals surface area (Å²) in [5.74, 6) is 0.766. The summed E-state index contributed by atoms with van der Waals surface area (Å²) in [4.78, 5) is 28.6. The van der Waals surface area contributed by atoms with Crippen molar-refractivity contribution in [2.75, 3.05) is 18.1 Å². The van der Waals surface area contributed by atoms with E-state index in [0.717, 1.165) is 12.8 Å². The molecule has 8 nitrogen and oxygen atoms in total. The zero-order valence-electron chi connectivity index (χ0n) is 18.8. The Morgan fingerprint density at radius 1 is 1.09 bits per heavy atom. The van der Waals surface area contributed by atoms with Crippen LogP contribution in [-0.4, -0.2) is 29.3 Å². The molecule has 1 aliphatic rings. The van der Waals surface area contributed by atoms with E-state index in [2.05, 4.69) is 17.1 Å². The highest BCUT2D eigenvalue weighted by atomic mass is 32.1. The molecule has 4 aromatic rings. The highest BCUT2D eigenvalue weighted by Crippen LogP contribution is 2.43. The van der Waals surface area contributed by atoms with Crippen LogP contribution in [0.2, 0.25) is 0 Å². The Morgan fingerprint density at radius 3 is 2.71 bits per heavy atom. The maximum Gasteiger partial charge on any atom is 0.297 e. The van der Waals surface area contributed by atoms with Crippen LogP contribution in [0.1, 0.15) is 54.4 Å². The predicted molar refractivity (Wildman–Crippen MR) is 129 cm³/mol. The van der Waals surface area contributed by atoms with Gasteiger partial charge in [-0.25, -0.2) is 0 Å². The third kappa shape index (κ3) is 3.71. The van der Waals surface area contributed by atoms with Gasteiger partial charge in [0.25, 0.3) is 5.91 Å². The van der Waals surface area contributed by atoms with Gasteiger partial charge >= 0.3 is 0 Å². The molecular formula is C25H23N3O5S. The number of benzene rings is 2. The molecule has 1 aliphatic heterocycles. The molecule has 1 amide bonds. The first-order valence-corrected chi connectivity index (χ1v) is 12.1. The van der Waals surface area contributed by atoms with Crippen LogP contribution < -0.4 is 19.8 Å². The lowest BCUT2D eigenvalue weighted by Crippen LogP contribution is -2.29. The lowest BCUT2D eigenvalue weighted by molar-refractivity contribution is 0.0970. The zero-order chi connectivity index (χ0) is 23.7. The third-order valence-corrected chi connectivity index (χ3v) is 6.36. The van der Waals surface area contributed by atoms with E-state index in [9.17, 15) is 9.59 Å². The first kappa shape index (κ1) is 22.1. The summed E-state index contributed by atoms with van der Waals surface area (Å²) in [6.45, 7) is 5.01. The van der Waals surface area contributed by atoms with Crippen molar-refractivity contribution in [3.8, 4) is 11.5 Å². The van der Waals surface area contributed by atoms with Crippen LogP contribution in [0, 0.1) is 0 Å². The van der Waals surface area contributed by atoms with Crippen molar-refractivity contribution in [1.82, 2.24) is 10.2 Å². The second kappa shape index (κ2) is 9.26. The van der Waals surface area contributed by atoms with Gasteiger partial charge in [-0.1, -0.05) is 42.9 Å². The molecule has 9 heteroatoms. The number of aromatic nitrogens is 2. The van der Waals surface area contributed by atoms with Crippen molar-refractivity contribution in [3.63, 3.8) is 0 Å². The number of hydrogen-bond donors (Lipinski definition) is 0. The number of para-hydroxylation sites is 1. The molecule has 0 radical (unpaired) electrons. The smallest absolute Gasteiger partial charge is 0.297 e. The van der Waals surface area contributed by atoms with Gasteiger partial charge in [0.05, 0.1) is 30.2 Å². The maximum absolute atomic E-state index is 13.6. The van der Waals surface area contributed by atoms with Crippen molar-refractivity contribution in [2.24, 2.45) is 0 Å². The molecule has 2 aromatic heterocycles. The third-order valence-electron chi connectivity index (χ3n) is 5.67. The second-order valence-corrected chi connectivity index (χ2v) is 8.62. The van der Waals surface area contributed by atoms with Gasteiger partial charge in [0.2, 0.25) is 10.9 Å². The fourth-order valence-electron chi connectivity index (χ4n) is 4.11. The minimum atomic E-state index is -0.736. The number of anilines is 1. The van der Waals surface area contributed by atoms with Crippen LogP contribution in [0.5, 0.6) is 11.5 Å². The molecule has 2 aromatic carbocycles. The fourth-order valence-corrected chi connectivity index (χ4v) is 4.70. The molecule has 0 fully saturated rings. The van der Waals surface area contributed by atoms with E-state index in [1.807, 2.05) is 25.1 Å². The highest BCUT2D eigenvalue weighted by molar-refractivity contribution is 7.13. The molecule has 174 valence electrons. The summed E-state index contributed by atoms with van der Waals surface area (Å²) in [7, 11) is 0. The molecule has 0 N–H and O–H groups in total. The summed E-state index contributed by atoms with van der Waals surface area (Å²) in [6.07, 6.45) is 1.94. The average Bonchev–Trinajstić information content (AvgIpc) is 3.47. The van der Waals surface area contributed by atoms with E-state index in [4.69, 9.17) is 13.9 Å². The number of carbonyl (C=O) groups excluding carboxylic acids is 1. The van der Waals surface area contributed by atoms with Crippen molar-refractivity contribution in [2.45, 2.75) is 32.7 Å². The fraction of sp³-hybridized carbons (Fsp3) is 0.280. The molecule has 3 heterocycles. The first-order valence-electron chi connectivity index (χ1n) is 11.2. The summed E-state index contributed by atoms with van der Waals surface area (Å²) >= 11 is 1.22. The number of rotatable bonds is 8. The summed E-state index contributed by atoms with van der Waals surface area (Å²) in [5, 5.41) is 8.80. The molecule has 1 atom stereocenters. The number of ether oxygens (including phenoxy) is 2. The SMILES string of the molecule is CCCCOc1ccc(C2c3c(oc4ccccc4c3=O)C(=O)N2c2nncs2)cc1OCC. The van der Waals surface area contributed by atoms with Gasteiger partial charge in [-0.15, -0.1) is 10.2 Å². The molecule has 0 spiro atoms. The molecule has 0 saturated heterocycles. The minimum absolute atomic E-state index is 0.0186. The predicted octanol–water partition coefficient (Wildman–Crippen LogP) is 4.97. The summed E-state index contributed by atoms with van der Waals surface area (Å²) < 4.78 is 17.7. The Labute approximate surface area is 199 Å². The number of nitrogens with zero attached hydrogens (tertiary/aromatic N) is 3. The Kier molecular flexibility index (Phi) is 6.02. The van der Waals surface area contributed by atoms with E-state index in [0.29, 0.717) is 46.4 Å². The quantitative estimate of drug-likeness (QED) is 0.331. The number of fused-ring (bicyclic) bond motifs is 2. The van der Waals surface area contributed by atoms with E-state index in [1.165, 1.54) is 16.2 Å². The molecule has 34 heavy (non-hydrogen) atoms. The molecule has 0 saturated carbocycles. The van der Waals surface area contributed by atoms with Gasteiger partial charge < -0.3 is 13.9 Å². The Bertz CT molecular complexity index is 1400. The van der Waals surface area contributed by atoms with Gasteiger partial charge in [0.1, 0.15) is 11.1 Å². The van der Waals surface area contributed by atoms with Gasteiger partial charge in [-0.3, -0.25) is 14.5 Å². The van der Waals surface area contributed by atoms with E-state index in [-0.39, 0.29) is 16.8 Å². The zero-order valence-corrected chi connectivity index (χ0v) is 19.6. The number of amides is 1. The summed E-state index contributed by atoms with van der Waals surface area (Å²) in [6, 6.07) is 11.7. The molecular weight excluding hydrogens is 454 g/mol. The maximum atomic E-state index is 13.6. The Morgan fingerprint density at radius 2 is 1.94 bits per heavy atom. The monoisotopic (exact) mass is 477 g/mol. The van der Waals surface area contributed by atoms with Crippen molar-refractivity contribution in [1.29, 1.82) is 0 Å². The average molecular weight is 478 g/mol. The van der Waals surface area contributed by atoms with Crippen LogP contribution in [0.4, 0.5) is 5.13 Å². The topological polar surface area (TPSA) is 94.8 Å². The molecule has 5 rings (SSSR count). The largest absolute Gasteiger partial charge is 0.490 e. The second-order valence-electron chi connectivity index (χ2n) is 7.81. The number of hydrogen-bond acceptors (Lipinski definition) is 8. The highest BCUT2D eigenvalue weighted by Gasteiger charge is 2.45. The Hall–Kier alpha value is -3.72. The van der Waals surface area contributed by atoms with Crippen LogP contribution in [0.3, 0.4) is 0 Å². The van der Waals surface area contributed by atoms with Crippen LogP contribution >= 0.6 is 11.3 Å². The first-order chi connectivity index (χ1) is 16.6. The molecule has 1 unspecified atom stereocenters. The van der Waals surface area contributed by atoms with Gasteiger partial charge in [0, 0.05) is 0 Å². The van der Waals surface area contributed by atoms with Crippen molar-refractivity contribution in [3.05, 3.63) is 75.1 Å². The van der Waals surface area contributed by atoms with Crippen LogP contribution in [0.15, 0.2) is 57.2 Å². The van der Waals surface area contributed by atoms with Crippen LogP contribution in [0.25, 0.3) is 11.0 Å². The number of carbonyl (C=O) groups is 1. The number of unbranched alkanes of at least 4 members (excludes halogenated alkanes) is 1. The summed E-state index contributed by atoms with van der Waals surface area (Å²) in [5.41, 5.74) is 2.64. The van der Waals surface area contributed by atoms with E-state index < -0.39 is 11.9 Å². The van der Waals surface area contributed by atoms with Gasteiger partial charge in [-0.05, 0) is 43.2 Å². The lowest BCUT2D eigenvalue weighted by atomic mass is 9.98. The van der Waals surface area contributed by atoms with Gasteiger partial charge in [-0.2, -0.15) is 0 Å². The Balaban J connectivity index is 1.69. The minimum Gasteiger partial charge on any atom is -0.490 e. The normalized spacial score (nSPS) is 15.1. The standard InChI is InChI=1S/C25H23N3O5S/c1-3-5-12-32-18-11-10-15(13-19(18)31-4-2)21-20-22(29)16-8-6-7-9-17(16)33-23(20)24(30)28(21)25-27-26-14-34-25/h6-11,13-14,21H,3-5,12H2,1-2H3. The van der Waals surface area contributed by atoms with E-state index >= 15 is 0 Å². The van der Waals surface area contributed by atoms with Crippen LogP contribution in [-0.2, 0) is 0 Å². The van der Waals surface area contributed by atoms with E-state index in [1.54, 1.807) is 29.8 Å². The molecule has 0 aliphatic carbocycles. The van der Waals surface area contributed by atoms with Crippen molar-refractivity contribution < 1.29 is 18.7 Å². The van der Waals surface area contributed by atoms with Gasteiger partial charge in [0.15, 0.2) is 16.9 Å².